The van der Waals surface area contributed by atoms with Gasteiger partial charge < -0.3 is 20.3 Å². The van der Waals surface area contributed by atoms with E-state index in [4.69, 9.17) is 4.74 Å². The summed E-state index contributed by atoms with van der Waals surface area (Å²) in [5, 5.41) is 5.84. The van der Waals surface area contributed by atoms with Gasteiger partial charge in [-0.15, -0.1) is 0 Å². The Labute approximate surface area is 164 Å². The highest BCUT2D eigenvalue weighted by molar-refractivity contribution is 5.94. The molecule has 0 saturated carbocycles. The topological polar surface area (TPSA) is 83.6 Å². The third kappa shape index (κ3) is 4.31. The number of pyridine rings is 1. The van der Waals surface area contributed by atoms with E-state index in [1.165, 1.54) is 26.0 Å². The van der Waals surface area contributed by atoms with Crippen LogP contribution in [-0.2, 0) is 4.79 Å². The van der Waals surface area contributed by atoms with Crippen molar-refractivity contribution in [1.82, 2.24) is 15.2 Å². The molecule has 28 heavy (non-hydrogen) atoms. The van der Waals surface area contributed by atoms with Crippen molar-refractivity contribution in [1.29, 1.82) is 0 Å². The van der Waals surface area contributed by atoms with Gasteiger partial charge in [-0.25, -0.2) is 4.98 Å². The van der Waals surface area contributed by atoms with Crippen LogP contribution >= 0.6 is 0 Å². The van der Waals surface area contributed by atoms with Crippen molar-refractivity contribution in [2.24, 2.45) is 5.92 Å². The SMILES string of the molecule is CC(=O)Nc1ccc(Oc2ccc(C(=O)NC3CN4CCC3CC4)cc2)nc1. The third-order valence-electron chi connectivity index (χ3n) is 5.37. The number of nitrogens with one attached hydrogen (secondary N) is 2. The molecule has 7 nitrogen and oxygen atoms in total. The van der Waals surface area contributed by atoms with Crippen molar-refractivity contribution in [2.45, 2.75) is 25.8 Å². The fourth-order valence-corrected chi connectivity index (χ4v) is 3.89. The van der Waals surface area contributed by atoms with Gasteiger partial charge in [0.1, 0.15) is 5.75 Å². The Morgan fingerprint density at radius 3 is 2.43 bits per heavy atom. The Hall–Kier alpha value is -2.93. The Morgan fingerprint density at radius 2 is 1.86 bits per heavy atom. The van der Waals surface area contributed by atoms with Gasteiger partial charge in [-0.05, 0) is 62.2 Å². The predicted octanol–water partition coefficient (Wildman–Crippen LogP) is 2.66. The molecule has 2 amide bonds. The molecule has 0 radical (unpaired) electrons. The van der Waals surface area contributed by atoms with Crippen LogP contribution in [-0.4, -0.2) is 47.4 Å². The number of benzene rings is 1. The van der Waals surface area contributed by atoms with E-state index in [2.05, 4.69) is 20.5 Å². The van der Waals surface area contributed by atoms with E-state index in [1.807, 2.05) is 0 Å². The van der Waals surface area contributed by atoms with Crippen molar-refractivity contribution in [3.8, 4) is 11.6 Å². The molecule has 2 aromatic rings. The minimum Gasteiger partial charge on any atom is -0.439 e. The van der Waals surface area contributed by atoms with Crippen LogP contribution in [0, 0.1) is 5.92 Å². The molecule has 0 spiro atoms. The van der Waals surface area contributed by atoms with E-state index >= 15 is 0 Å². The van der Waals surface area contributed by atoms with Crippen LogP contribution < -0.4 is 15.4 Å². The summed E-state index contributed by atoms with van der Waals surface area (Å²) in [5.41, 5.74) is 1.23. The summed E-state index contributed by atoms with van der Waals surface area (Å²) in [6.07, 6.45) is 3.88. The number of fused-ring (bicyclic) bond motifs is 3. The summed E-state index contributed by atoms with van der Waals surface area (Å²) < 4.78 is 5.70. The second-order valence-electron chi connectivity index (χ2n) is 7.41. The lowest BCUT2D eigenvalue weighted by Gasteiger charge is -2.44. The highest BCUT2D eigenvalue weighted by atomic mass is 16.5. The monoisotopic (exact) mass is 380 g/mol. The highest BCUT2D eigenvalue weighted by Gasteiger charge is 2.34. The summed E-state index contributed by atoms with van der Waals surface area (Å²) in [7, 11) is 0. The fourth-order valence-electron chi connectivity index (χ4n) is 3.89. The van der Waals surface area contributed by atoms with Crippen LogP contribution in [0.3, 0.4) is 0 Å². The number of aromatic nitrogens is 1. The molecule has 4 heterocycles. The van der Waals surface area contributed by atoms with Gasteiger partial charge in [0.05, 0.1) is 11.9 Å². The number of anilines is 1. The molecule has 2 N–H and O–H groups in total. The minimum atomic E-state index is -0.150. The van der Waals surface area contributed by atoms with E-state index in [0.29, 0.717) is 28.8 Å². The van der Waals surface area contributed by atoms with E-state index < -0.39 is 0 Å². The molecule has 5 rings (SSSR count). The molecular formula is C21H24N4O3. The summed E-state index contributed by atoms with van der Waals surface area (Å²) in [6, 6.07) is 10.7. The normalized spacial score (nSPS) is 23.1. The summed E-state index contributed by atoms with van der Waals surface area (Å²) in [6.45, 7) is 4.71. The van der Waals surface area contributed by atoms with Gasteiger partial charge in [0.2, 0.25) is 11.8 Å². The lowest BCUT2D eigenvalue weighted by atomic mass is 9.84. The van der Waals surface area contributed by atoms with Crippen molar-refractivity contribution in [3.05, 3.63) is 48.2 Å². The lowest BCUT2D eigenvalue weighted by Crippen LogP contribution is -2.57. The Balaban J connectivity index is 1.34. The highest BCUT2D eigenvalue weighted by Crippen LogP contribution is 2.28. The first-order valence-electron chi connectivity index (χ1n) is 9.61. The summed E-state index contributed by atoms with van der Waals surface area (Å²) >= 11 is 0. The van der Waals surface area contributed by atoms with Gasteiger partial charge in [-0.1, -0.05) is 0 Å². The number of carbonyl (C=O) groups excluding carboxylic acids is 2. The van der Waals surface area contributed by atoms with Gasteiger partial charge in [-0.2, -0.15) is 0 Å². The van der Waals surface area contributed by atoms with E-state index in [9.17, 15) is 9.59 Å². The molecule has 3 saturated heterocycles. The Morgan fingerprint density at radius 1 is 1.11 bits per heavy atom. The second-order valence-corrected chi connectivity index (χ2v) is 7.41. The lowest BCUT2D eigenvalue weighted by molar-refractivity contribution is -0.114. The van der Waals surface area contributed by atoms with Gasteiger partial charge in [0, 0.05) is 31.1 Å². The Bertz CT molecular complexity index is 843. The molecule has 2 bridgehead atoms. The molecule has 3 aliphatic heterocycles. The predicted molar refractivity (Wildman–Crippen MR) is 105 cm³/mol. The van der Waals surface area contributed by atoms with Crippen LogP contribution in [0.25, 0.3) is 0 Å². The number of carbonyl (C=O) groups is 2. The van der Waals surface area contributed by atoms with E-state index in [-0.39, 0.29) is 17.9 Å². The fraction of sp³-hybridized carbons (Fsp3) is 0.381. The zero-order valence-electron chi connectivity index (χ0n) is 15.9. The van der Waals surface area contributed by atoms with Crippen molar-refractivity contribution in [2.75, 3.05) is 25.0 Å². The molecule has 1 aromatic heterocycles. The zero-order chi connectivity index (χ0) is 19.5. The van der Waals surface area contributed by atoms with Crippen molar-refractivity contribution < 1.29 is 14.3 Å². The van der Waals surface area contributed by atoms with Crippen LogP contribution in [0.15, 0.2) is 42.6 Å². The Kier molecular flexibility index (Phi) is 5.25. The molecule has 1 atom stereocenters. The number of rotatable bonds is 5. The first-order chi connectivity index (χ1) is 13.6. The maximum Gasteiger partial charge on any atom is 0.251 e. The van der Waals surface area contributed by atoms with Gasteiger partial charge >= 0.3 is 0 Å². The number of hydrogen-bond donors (Lipinski definition) is 2. The number of hydrogen-bond acceptors (Lipinski definition) is 5. The molecule has 1 unspecified atom stereocenters. The summed E-state index contributed by atoms with van der Waals surface area (Å²) in [4.78, 5) is 30.2. The molecule has 3 fully saturated rings. The van der Waals surface area contributed by atoms with Crippen molar-refractivity contribution in [3.63, 3.8) is 0 Å². The third-order valence-corrected chi connectivity index (χ3v) is 5.37. The molecule has 3 aliphatic rings. The average molecular weight is 380 g/mol. The maximum absolute atomic E-state index is 12.6. The van der Waals surface area contributed by atoms with Crippen LogP contribution in [0.5, 0.6) is 11.6 Å². The summed E-state index contributed by atoms with van der Waals surface area (Å²) in [5.74, 6) is 1.42. The molecular weight excluding hydrogens is 356 g/mol. The second kappa shape index (κ2) is 7.98. The molecule has 0 aliphatic carbocycles. The maximum atomic E-state index is 12.6. The average Bonchev–Trinajstić information content (AvgIpc) is 2.70. The van der Waals surface area contributed by atoms with Crippen LogP contribution in [0.2, 0.25) is 0 Å². The quantitative estimate of drug-likeness (QED) is 0.833. The molecule has 146 valence electrons. The molecule has 7 heteroatoms. The minimum absolute atomic E-state index is 0.0388. The van der Waals surface area contributed by atoms with Gasteiger partial charge in [0.15, 0.2) is 0 Å². The van der Waals surface area contributed by atoms with Crippen LogP contribution in [0.1, 0.15) is 30.1 Å². The number of nitrogens with zero attached hydrogens (tertiary/aromatic N) is 2. The smallest absolute Gasteiger partial charge is 0.251 e. The zero-order valence-corrected chi connectivity index (χ0v) is 15.9. The van der Waals surface area contributed by atoms with E-state index in [0.717, 1.165) is 19.6 Å². The van der Waals surface area contributed by atoms with E-state index in [1.54, 1.807) is 36.4 Å². The first kappa shape index (κ1) is 18.4. The largest absolute Gasteiger partial charge is 0.439 e. The number of ether oxygens (including phenoxy) is 1. The first-order valence-corrected chi connectivity index (χ1v) is 9.61. The standard InChI is InChI=1S/C21H24N4O3/c1-14(26)23-17-4-7-20(22-12-17)28-18-5-2-16(3-6-18)21(27)24-19-13-25-10-8-15(19)9-11-25/h2-7,12,15,19H,8-11,13H2,1H3,(H,23,26)(H,24,27). The number of amides is 2. The van der Waals surface area contributed by atoms with Gasteiger partial charge in [0.25, 0.3) is 5.91 Å². The van der Waals surface area contributed by atoms with Crippen LogP contribution in [0.4, 0.5) is 5.69 Å². The molecule has 1 aromatic carbocycles. The van der Waals surface area contributed by atoms with Gasteiger partial charge in [-0.3, -0.25) is 9.59 Å². The van der Waals surface area contributed by atoms with Crippen molar-refractivity contribution >= 4 is 17.5 Å². The number of piperidine rings is 3.